The quantitative estimate of drug-likeness (QED) is 0.849. The normalized spacial score (nSPS) is 10.1. The maximum absolute atomic E-state index is 12.2. The van der Waals surface area contributed by atoms with Gasteiger partial charge in [-0.1, -0.05) is 12.1 Å². The van der Waals surface area contributed by atoms with E-state index >= 15 is 0 Å². The molecule has 1 aromatic rings. The van der Waals surface area contributed by atoms with Crippen LogP contribution in [0, 0.1) is 0 Å². The van der Waals surface area contributed by atoms with E-state index in [1.165, 1.54) is 18.2 Å². The van der Waals surface area contributed by atoms with Gasteiger partial charge in [0, 0.05) is 11.0 Å². The summed E-state index contributed by atoms with van der Waals surface area (Å²) < 4.78 is 29.0. The van der Waals surface area contributed by atoms with Crippen LogP contribution in [0.2, 0.25) is 0 Å². The van der Waals surface area contributed by atoms with Gasteiger partial charge < -0.3 is 10.1 Å². The number of benzene rings is 1. The molecule has 0 aliphatic heterocycles. The molecule has 1 N–H and O–H groups in total. The Morgan fingerprint density at radius 2 is 2.29 bits per heavy atom. The Kier molecular flexibility index (Phi) is 5.09. The summed E-state index contributed by atoms with van der Waals surface area (Å²) in [5, 5.41) is 2.49. The summed E-state index contributed by atoms with van der Waals surface area (Å²) in [4.78, 5) is 11.7. The third-order valence-electron chi connectivity index (χ3n) is 1.83. The summed E-state index contributed by atoms with van der Waals surface area (Å²) in [5.74, 6) is -0.677. The average Bonchev–Trinajstić information content (AvgIpc) is 2.25. The van der Waals surface area contributed by atoms with Crippen molar-refractivity contribution in [2.45, 2.75) is 6.61 Å². The first-order chi connectivity index (χ1) is 8.06. The molecule has 0 spiro atoms. The minimum atomic E-state index is -2.98. The Bertz CT molecular complexity index is 424. The molecule has 0 atom stereocenters. The molecule has 0 aromatic heterocycles. The molecule has 3 nitrogen and oxygen atoms in total. The fraction of sp³-hybridized carbons (Fsp3) is 0.182. The highest BCUT2D eigenvalue weighted by Gasteiger charge is 2.18. The summed E-state index contributed by atoms with van der Waals surface area (Å²) in [6, 6.07) is 4.38. The number of ether oxygens (including phenoxy) is 1. The molecule has 0 aliphatic carbocycles. The molecule has 6 heteroatoms. The first-order valence-corrected chi connectivity index (χ1v) is 5.48. The zero-order valence-electron chi connectivity index (χ0n) is 8.75. The number of nitrogens with one attached hydrogen (secondary N) is 1. The largest absolute Gasteiger partial charge is 0.434 e. The van der Waals surface area contributed by atoms with Crippen molar-refractivity contribution >= 4 is 21.8 Å². The van der Waals surface area contributed by atoms with Crippen LogP contribution in [0.4, 0.5) is 8.78 Å². The Hall–Kier alpha value is -1.43. The van der Waals surface area contributed by atoms with Gasteiger partial charge in [0.05, 0.1) is 5.56 Å². The van der Waals surface area contributed by atoms with E-state index in [-0.39, 0.29) is 17.9 Å². The molecule has 1 amide bonds. The SMILES string of the molecule is C=CCNC(=O)c1c(Br)cccc1OC(F)F. The maximum Gasteiger partial charge on any atom is 0.387 e. The molecule has 0 saturated heterocycles. The molecular weight excluding hydrogens is 296 g/mol. The first-order valence-electron chi connectivity index (χ1n) is 4.68. The zero-order chi connectivity index (χ0) is 12.8. The van der Waals surface area contributed by atoms with Crippen LogP contribution in [-0.4, -0.2) is 19.1 Å². The van der Waals surface area contributed by atoms with Crippen LogP contribution >= 0.6 is 15.9 Å². The van der Waals surface area contributed by atoms with Gasteiger partial charge in [0.2, 0.25) is 0 Å². The van der Waals surface area contributed by atoms with Crippen molar-refractivity contribution < 1.29 is 18.3 Å². The molecule has 0 bridgehead atoms. The molecule has 92 valence electrons. The van der Waals surface area contributed by atoms with Gasteiger partial charge in [0.15, 0.2) is 0 Å². The number of carbonyl (C=O) groups excluding carboxylic acids is 1. The van der Waals surface area contributed by atoms with Crippen molar-refractivity contribution in [2.24, 2.45) is 0 Å². The lowest BCUT2D eigenvalue weighted by molar-refractivity contribution is -0.0502. The van der Waals surface area contributed by atoms with Gasteiger partial charge >= 0.3 is 6.61 Å². The van der Waals surface area contributed by atoms with E-state index in [0.29, 0.717) is 4.47 Å². The van der Waals surface area contributed by atoms with Crippen LogP contribution in [0.15, 0.2) is 35.3 Å². The summed E-state index contributed by atoms with van der Waals surface area (Å²) in [6.45, 7) is 0.710. The highest BCUT2D eigenvalue weighted by atomic mass is 79.9. The molecule has 17 heavy (non-hydrogen) atoms. The summed E-state index contributed by atoms with van der Waals surface area (Å²) in [7, 11) is 0. The van der Waals surface area contributed by atoms with Gasteiger partial charge in [-0.15, -0.1) is 6.58 Å². The summed E-state index contributed by atoms with van der Waals surface area (Å²) in [6.07, 6.45) is 1.49. The Labute approximate surface area is 106 Å². The number of halogens is 3. The van der Waals surface area contributed by atoms with Gasteiger partial charge in [-0.3, -0.25) is 4.79 Å². The topological polar surface area (TPSA) is 38.3 Å². The van der Waals surface area contributed by atoms with Crippen LogP contribution < -0.4 is 10.1 Å². The standard InChI is InChI=1S/C11H10BrF2NO2/c1-2-6-15-10(16)9-7(12)4-3-5-8(9)17-11(13)14/h2-5,11H,1,6H2,(H,15,16). The second-order valence-corrected chi connectivity index (χ2v) is 3.84. The third kappa shape index (κ3) is 3.81. The number of carbonyl (C=O) groups is 1. The van der Waals surface area contributed by atoms with Gasteiger partial charge in [-0.2, -0.15) is 8.78 Å². The van der Waals surface area contributed by atoms with E-state index in [4.69, 9.17) is 0 Å². The molecule has 0 unspecified atom stereocenters. The molecule has 1 rings (SSSR count). The minimum absolute atomic E-state index is 0.0367. The molecular formula is C11H10BrF2NO2. The van der Waals surface area contributed by atoms with Crippen molar-refractivity contribution in [3.63, 3.8) is 0 Å². The van der Waals surface area contributed by atoms with Gasteiger partial charge in [0.25, 0.3) is 5.91 Å². The number of rotatable bonds is 5. The van der Waals surface area contributed by atoms with Crippen LogP contribution in [0.5, 0.6) is 5.75 Å². The fourth-order valence-electron chi connectivity index (χ4n) is 1.17. The first kappa shape index (κ1) is 13.6. The number of hydrogen-bond donors (Lipinski definition) is 1. The van der Waals surface area contributed by atoms with E-state index in [0.717, 1.165) is 0 Å². The highest BCUT2D eigenvalue weighted by Crippen LogP contribution is 2.27. The van der Waals surface area contributed by atoms with Crippen LogP contribution in [0.3, 0.4) is 0 Å². The van der Waals surface area contributed by atoms with Crippen molar-refractivity contribution in [2.75, 3.05) is 6.54 Å². The highest BCUT2D eigenvalue weighted by molar-refractivity contribution is 9.10. The van der Waals surface area contributed by atoms with Crippen molar-refractivity contribution in [1.82, 2.24) is 5.32 Å². The molecule has 0 aliphatic rings. The smallest absolute Gasteiger partial charge is 0.387 e. The van der Waals surface area contributed by atoms with Crippen molar-refractivity contribution in [3.8, 4) is 5.75 Å². The number of amides is 1. The van der Waals surface area contributed by atoms with Crippen molar-refractivity contribution in [3.05, 3.63) is 40.9 Å². The van der Waals surface area contributed by atoms with Gasteiger partial charge in [0.1, 0.15) is 5.75 Å². The lowest BCUT2D eigenvalue weighted by Gasteiger charge is -2.11. The summed E-state index contributed by atoms with van der Waals surface area (Å²) in [5.41, 5.74) is 0.0367. The molecule has 0 saturated carbocycles. The second-order valence-electron chi connectivity index (χ2n) is 2.99. The molecule has 0 heterocycles. The third-order valence-corrected chi connectivity index (χ3v) is 2.49. The number of hydrogen-bond acceptors (Lipinski definition) is 2. The zero-order valence-corrected chi connectivity index (χ0v) is 10.3. The van der Waals surface area contributed by atoms with E-state index in [9.17, 15) is 13.6 Å². The molecule has 0 fully saturated rings. The maximum atomic E-state index is 12.2. The predicted molar refractivity (Wildman–Crippen MR) is 63.3 cm³/mol. The Balaban J connectivity index is 3.02. The second kappa shape index (κ2) is 6.34. The van der Waals surface area contributed by atoms with E-state index < -0.39 is 12.5 Å². The molecule has 1 aromatic carbocycles. The van der Waals surface area contributed by atoms with Gasteiger partial charge in [-0.05, 0) is 28.1 Å². The average molecular weight is 306 g/mol. The molecule has 0 radical (unpaired) electrons. The van der Waals surface area contributed by atoms with Crippen LogP contribution in [0.1, 0.15) is 10.4 Å². The Morgan fingerprint density at radius 3 is 2.88 bits per heavy atom. The lowest BCUT2D eigenvalue weighted by atomic mass is 10.2. The predicted octanol–water partition coefficient (Wildman–Crippen LogP) is 2.97. The van der Waals surface area contributed by atoms with Crippen LogP contribution in [-0.2, 0) is 0 Å². The fourth-order valence-corrected chi connectivity index (χ4v) is 1.70. The van der Waals surface area contributed by atoms with E-state index in [2.05, 4.69) is 32.6 Å². The lowest BCUT2D eigenvalue weighted by Crippen LogP contribution is -2.24. The van der Waals surface area contributed by atoms with E-state index in [1.54, 1.807) is 6.07 Å². The van der Waals surface area contributed by atoms with Crippen molar-refractivity contribution in [1.29, 1.82) is 0 Å². The number of alkyl halides is 2. The monoisotopic (exact) mass is 305 g/mol. The van der Waals surface area contributed by atoms with Gasteiger partial charge in [-0.25, -0.2) is 0 Å². The van der Waals surface area contributed by atoms with Crippen LogP contribution in [0.25, 0.3) is 0 Å². The Morgan fingerprint density at radius 1 is 1.59 bits per heavy atom. The minimum Gasteiger partial charge on any atom is -0.434 e. The van der Waals surface area contributed by atoms with E-state index in [1.807, 2.05) is 0 Å². The summed E-state index contributed by atoms with van der Waals surface area (Å²) >= 11 is 3.12.